The minimum atomic E-state index is -0.284. The molecule has 1 saturated heterocycles. The second-order valence-electron chi connectivity index (χ2n) is 1.65. The number of carbonyl (C=O) groups excluding carboxylic acids is 1. The Morgan fingerprint density at radius 3 is 3.33 bits per heavy atom. The topological polar surface area (TPSA) is 29.5 Å². The van der Waals surface area contributed by atoms with Gasteiger partial charge in [0.1, 0.15) is 0 Å². The molecule has 46 valence electrons. The molecule has 0 unspecified atom stereocenters. The minimum Gasteiger partial charge on any atom is -0.414 e. The van der Waals surface area contributed by atoms with Gasteiger partial charge in [0, 0.05) is 5.41 Å². The quantitative estimate of drug-likeness (QED) is 0.473. The number of hydrogen-bond donors (Lipinski definition) is 0. The molecule has 3 nitrogen and oxygen atoms in total. The van der Waals surface area contributed by atoms with Gasteiger partial charge in [0.25, 0.3) is 0 Å². The molecule has 1 atom stereocenters. The van der Waals surface area contributed by atoms with Crippen LogP contribution in [0.15, 0.2) is 17.3 Å². The molecule has 0 aromatic carbocycles. The lowest BCUT2D eigenvalue weighted by atomic mass is 10.6. The van der Waals surface area contributed by atoms with Gasteiger partial charge in [-0.3, -0.25) is 0 Å². The van der Waals surface area contributed by atoms with Crippen LogP contribution in [0.25, 0.3) is 0 Å². The Bertz CT molecular complexity index is 219. The lowest BCUT2D eigenvalue weighted by Gasteiger charge is -2.35. The first-order valence-electron chi connectivity index (χ1n) is 2.43. The number of nitrogens with zero attached hydrogens (tertiary/aromatic N) is 1. The van der Waals surface area contributed by atoms with Crippen LogP contribution in [0.4, 0.5) is 4.79 Å². The van der Waals surface area contributed by atoms with Crippen molar-refractivity contribution in [1.29, 1.82) is 0 Å². The van der Waals surface area contributed by atoms with Crippen LogP contribution < -0.4 is 0 Å². The average Bonchev–Trinajstić information content (AvgIpc) is 1.86. The molecule has 1 fully saturated rings. The molecule has 0 N–H and O–H groups in total. The van der Waals surface area contributed by atoms with Crippen LogP contribution in [0.1, 0.15) is 0 Å². The van der Waals surface area contributed by atoms with Gasteiger partial charge in [0.15, 0.2) is 0 Å². The van der Waals surface area contributed by atoms with Gasteiger partial charge in [-0.05, 0) is 0 Å². The summed E-state index contributed by atoms with van der Waals surface area (Å²) < 4.78 is 4.69. The number of ether oxygens (including phenoxy) is 1. The summed E-state index contributed by atoms with van der Waals surface area (Å²) in [7, 11) is 0. The monoisotopic (exact) mass is 141 g/mol. The Hall–Kier alpha value is -0.860. The van der Waals surface area contributed by atoms with Crippen LogP contribution in [-0.2, 0) is 4.74 Å². The summed E-state index contributed by atoms with van der Waals surface area (Å²) in [4.78, 5) is 12.0. The van der Waals surface area contributed by atoms with E-state index in [1.807, 2.05) is 0 Å². The van der Waals surface area contributed by atoms with E-state index in [0.29, 0.717) is 0 Å². The Morgan fingerprint density at radius 1 is 1.89 bits per heavy atom. The summed E-state index contributed by atoms with van der Waals surface area (Å²) in [6, 6.07) is 0. The van der Waals surface area contributed by atoms with Gasteiger partial charge in [-0.2, -0.15) is 0 Å². The molecule has 0 bridgehead atoms. The zero-order valence-corrected chi connectivity index (χ0v) is 5.22. The maximum atomic E-state index is 10.5. The van der Waals surface area contributed by atoms with Gasteiger partial charge < -0.3 is 4.74 Å². The molecule has 0 aromatic heterocycles. The molecule has 0 saturated carbocycles. The van der Waals surface area contributed by atoms with Crippen molar-refractivity contribution in [2.24, 2.45) is 0 Å². The molecule has 2 heterocycles. The Labute approximate surface area is 56.0 Å². The zero-order valence-electron chi connectivity index (χ0n) is 4.40. The second-order valence-corrected chi connectivity index (χ2v) is 2.56. The third-order valence-corrected chi connectivity index (χ3v) is 1.93. The Morgan fingerprint density at radius 2 is 2.78 bits per heavy atom. The summed E-state index contributed by atoms with van der Waals surface area (Å²) in [5, 5.41) is 1.77. The van der Waals surface area contributed by atoms with E-state index in [4.69, 9.17) is 4.74 Å². The molecule has 0 aromatic rings. The van der Waals surface area contributed by atoms with E-state index < -0.39 is 0 Å². The van der Waals surface area contributed by atoms with Crippen molar-refractivity contribution in [3.8, 4) is 0 Å². The van der Waals surface area contributed by atoms with Crippen molar-refractivity contribution < 1.29 is 9.53 Å². The fraction of sp³-hybridized carbons (Fsp3) is 0.200. The van der Waals surface area contributed by atoms with Crippen LogP contribution in [0, 0.1) is 0 Å². The maximum Gasteiger partial charge on any atom is 0.420 e. The smallest absolute Gasteiger partial charge is 0.414 e. The molecule has 9 heavy (non-hydrogen) atoms. The molecule has 0 radical (unpaired) electrons. The number of amides is 1. The number of hydrogen-bond acceptors (Lipinski definition) is 3. The fourth-order valence-corrected chi connectivity index (χ4v) is 1.33. The van der Waals surface area contributed by atoms with Gasteiger partial charge in [-0.25, -0.2) is 9.69 Å². The first-order valence-corrected chi connectivity index (χ1v) is 3.38. The SMILES string of the molecule is O=C1O[C@@H]2SC=C=CN12. The highest BCUT2D eigenvalue weighted by molar-refractivity contribution is 8.02. The summed E-state index contributed by atoms with van der Waals surface area (Å²) in [5.74, 6) is 0. The van der Waals surface area contributed by atoms with E-state index in [0.717, 1.165) is 0 Å². The third kappa shape index (κ3) is 0.573. The normalized spacial score (nSPS) is 29.1. The number of fused-ring (bicyclic) bond motifs is 1. The van der Waals surface area contributed by atoms with Crippen LogP contribution in [0.3, 0.4) is 0 Å². The summed E-state index contributed by atoms with van der Waals surface area (Å²) >= 11 is 1.43. The van der Waals surface area contributed by atoms with Crippen molar-refractivity contribution in [2.45, 2.75) is 5.56 Å². The van der Waals surface area contributed by atoms with Crippen molar-refractivity contribution in [2.75, 3.05) is 0 Å². The molecule has 4 heteroatoms. The maximum absolute atomic E-state index is 10.5. The van der Waals surface area contributed by atoms with Gasteiger partial charge in [0.2, 0.25) is 5.56 Å². The fourth-order valence-electron chi connectivity index (χ4n) is 0.656. The van der Waals surface area contributed by atoms with Crippen LogP contribution in [0.2, 0.25) is 0 Å². The summed E-state index contributed by atoms with van der Waals surface area (Å²) in [6.45, 7) is 0. The van der Waals surface area contributed by atoms with Crippen molar-refractivity contribution in [3.05, 3.63) is 17.3 Å². The van der Waals surface area contributed by atoms with E-state index in [9.17, 15) is 4.79 Å². The molecule has 2 rings (SSSR count). The largest absolute Gasteiger partial charge is 0.420 e. The Balaban J connectivity index is 2.26. The van der Waals surface area contributed by atoms with Gasteiger partial charge >= 0.3 is 6.09 Å². The van der Waals surface area contributed by atoms with Crippen LogP contribution in [0.5, 0.6) is 0 Å². The third-order valence-electron chi connectivity index (χ3n) is 1.11. The summed E-state index contributed by atoms with van der Waals surface area (Å²) in [5.41, 5.74) is 2.67. The zero-order chi connectivity index (χ0) is 6.27. The Kier molecular flexibility index (Phi) is 0.860. The first-order chi connectivity index (χ1) is 4.38. The molecule has 2 aliphatic rings. The van der Waals surface area contributed by atoms with Crippen LogP contribution >= 0.6 is 11.8 Å². The summed E-state index contributed by atoms with van der Waals surface area (Å²) in [6.07, 6.45) is 1.31. The van der Waals surface area contributed by atoms with Crippen molar-refractivity contribution in [3.63, 3.8) is 0 Å². The number of thioether (sulfide) groups is 1. The van der Waals surface area contributed by atoms with E-state index in [1.165, 1.54) is 16.7 Å². The number of carbonyl (C=O) groups is 1. The minimum absolute atomic E-state index is 0.112. The molecule has 2 aliphatic heterocycles. The lowest BCUT2D eigenvalue weighted by molar-refractivity contribution is -0.0170. The van der Waals surface area contributed by atoms with E-state index in [-0.39, 0.29) is 11.7 Å². The molecule has 0 spiro atoms. The molecule has 1 amide bonds. The van der Waals surface area contributed by atoms with Gasteiger partial charge in [-0.1, -0.05) is 17.5 Å². The van der Waals surface area contributed by atoms with Gasteiger partial charge in [-0.15, -0.1) is 0 Å². The predicted molar refractivity (Wildman–Crippen MR) is 32.4 cm³/mol. The highest BCUT2D eigenvalue weighted by atomic mass is 32.2. The molecular formula is C5H3NO2S. The number of rotatable bonds is 0. The average molecular weight is 141 g/mol. The second kappa shape index (κ2) is 1.56. The van der Waals surface area contributed by atoms with E-state index >= 15 is 0 Å². The predicted octanol–water partition coefficient (Wildman–Crippen LogP) is 1.10. The molecular weight excluding hydrogens is 138 g/mol. The first kappa shape index (κ1) is 4.97. The highest BCUT2D eigenvalue weighted by Gasteiger charge is 2.37. The van der Waals surface area contributed by atoms with Crippen molar-refractivity contribution in [1.82, 2.24) is 4.90 Å². The molecule has 0 aliphatic carbocycles. The highest BCUT2D eigenvalue weighted by Crippen LogP contribution is 2.30. The lowest BCUT2D eigenvalue weighted by Crippen LogP contribution is -2.49. The van der Waals surface area contributed by atoms with E-state index in [1.54, 1.807) is 11.6 Å². The van der Waals surface area contributed by atoms with Gasteiger partial charge in [0.05, 0.1) is 6.20 Å². The van der Waals surface area contributed by atoms with Crippen LogP contribution in [-0.4, -0.2) is 16.6 Å². The standard InChI is InChI=1S/C5H3NO2S/c7-4-6-2-1-3-9-5(6)8-4/h2-3,5H/t5-/m1/s1. The van der Waals surface area contributed by atoms with E-state index in [2.05, 4.69) is 5.73 Å². The van der Waals surface area contributed by atoms with Crippen molar-refractivity contribution >= 4 is 17.9 Å².